The predicted octanol–water partition coefficient (Wildman–Crippen LogP) is 4.81. The zero-order valence-electron chi connectivity index (χ0n) is 14.8. The number of hydrogen-bond acceptors (Lipinski definition) is 5. The lowest BCUT2D eigenvalue weighted by Gasteiger charge is -2.14. The van der Waals surface area contributed by atoms with E-state index in [1.54, 1.807) is 0 Å². The number of nitrogens with zero attached hydrogens (tertiary/aromatic N) is 2. The number of unbranched alkanes of at least 4 members (excludes halogenated alkanes) is 1. The van der Waals surface area contributed by atoms with Crippen molar-refractivity contribution < 1.29 is 9.84 Å². The van der Waals surface area contributed by atoms with Crippen molar-refractivity contribution in [3.05, 3.63) is 46.9 Å². The molecule has 0 aliphatic heterocycles. The van der Waals surface area contributed by atoms with Crippen molar-refractivity contribution in [2.24, 2.45) is 0 Å². The molecule has 1 N–H and O–H groups in total. The van der Waals surface area contributed by atoms with Gasteiger partial charge < -0.3 is 14.7 Å². The van der Waals surface area contributed by atoms with Gasteiger partial charge in [-0.25, -0.2) is 0 Å². The van der Waals surface area contributed by atoms with E-state index in [0.717, 1.165) is 57.5 Å². The van der Waals surface area contributed by atoms with Crippen molar-refractivity contribution in [1.82, 2.24) is 9.27 Å². The van der Waals surface area contributed by atoms with E-state index in [2.05, 4.69) is 49.5 Å². The van der Waals surface area contributed by atoms with Gasteiger partial charge in [0.2, 0.25) is 0 Å². The molecule has 26 heavy (non-hydrogen) atoms. The van der Waals surface area contributed by atoms with Crippen LogP contribution in [0.5, 0.6) is 5.75 Å². The number of fused-ring (bicyclic) bond motifs is 1. The molecule has 3 aromatic rings. The van der Waals surface area contributed by atoms with Gasteiger partial charge >= 0.3 is 0 Å². The molecule has 138 valence electrons. The van der Waals surface area contributed by atoms with Gasteiger partial charge in [0.25, 0.3) is 0 Å². The number of rotatable bonds is 9. The van der Waals surface area contributed by atoms with E-state index in [0.29, 0.717) is 6.61 Å². The highest BCUT2D eigenvalue weighted by Crippen LogP contribution is 2.33. The molecule has 0 aliphatic carbocycles. The summed E-state index contributed by atoms with van der Waals surface area (Å²) in [6.07, 6.45) is 2.06. The average molecular weight is 435 g/mol. The van der Waals surface area contributed by atoms with Gasteiger partial charge in [0.05, 0.1) is 23.6 Å². The molecule has 3 rings (SSSR count). The fourth-order valence-corrected chi connectivity index (χ4v) is 3.87. The summed E-state index contributed by atoms with van der Waals surface area (Å²) in [5.74, 6) is 0.896. The number of hydrogen-bond donors (Lipinski definition) is 1. The Morgan fingerprint density at radius 3 is 2.69 bits per heavy atom. The maximum atomic E-state index is 8.89. The number of aliphatic hydroxyl groups is 1. The summed E-state index contributed by atoms with van der Waals surface area (Å²) in [5, 5.41) is 10.1. The van der Waals surface area contributed by atoms with Gasteiger partial charge in [-0.1, -0.05) is 28.1 Å². The van der Waals surface area contributed by atoms with Crippen LogP contribution in [0.1, 0.15) is 12.8 Å². The molecule has 0 spiro atoms. The number of ether oxygens (including phenoxy) is 1. The largest absolute Gasteiger partial charge is 0.494 e. The number of halogens is 1. The van der Waals surface area contributed by atoms with Crippen LogP contribution in [0.3, 0.4) is 0 Å². The molecule has 0 amide bonds. The molecule has 0 unspecified atom stereocenters. The van der Waals surface area contributed by atoms with Crippen LogP contribution in [0.25, 0.3) is 21.3 Å². The maximum Gasteiger partial charge on any atom is 0.120 e. The Hall–Kier alpha value is -1.47. The molecule has 0 aliphatic rings. The normalized spacial score (nSPS) is 11.4. The van der Waals surface area contributed by atoms with Crippen molar-refractivity contribution in [2.45, 2.75) is 12.8 Å². The summed E-state index contributed by atoms with van der Waals surface area (Å²) < 4.78 is 12.7. The van der Waals surface area contributed by atoms with Gasteiger partial charge in [-0.2, -0.15) is 4.37 Å². The third-order valence-electron chi connectivity index (χ3n) is 4.25. The minimum absolute atomic E-state index is 0.212. The molecule has 0 saturated carbocycles. The van der Waals surface area contributed by atoms with Crippen molar-refractivity contribution in [3.8, 4) is 17.0 Å². The second-order valence-electron chi connectivity index (χ2n) is 6.28. The van der Waals surface area contributed by atoms with E-state index in [1.807, 2.05) is 25.2 Å². The summed E-state index contributed by atoms with van der Waals surface area (Å²) in [4.78, 5) is 2.13. The molecule has 6 heteroatoms. The molecule has 1 aromatic heterocycles. The first-order valence-corrected chi connectivity index (χ1v) is 10.3. The molecule has 0 saturated heterocycles. The first kappa shape index (κ1) is 19.3. The zero-order chi connectivity index (χ0) is 18.4. The van der Waals surface area contributed by atoms with Gasteiger partial charge in [0.15, 0.2) is 0 Å². The summed E-state index contributed by atoms with van der Waals surface area (Å²) in [5.41, 5.74) is 2.15. The number of benzene rings is 2. The fraction of sp³-hybridized carbons (Fsp3) is 0.350. The van der Waals surface area contributed by atoms with E-state index < -0.39 is 0 Å². The van der Waals surface area contributed by atoms with Crippen LogP contribution >= 0.6 is 27.5 Å². The van der Waals surface area contributed by atoms with Crippen molar-refractivity contribution >= 4 is 37.5 Å². The van der Waals surface area contributed by atoms with Crippen LogP contribution < -0.4 is 4.74 Å². The SMILES string of the molecule is CN(CCO)CCCCOc1ccc2c(-c3ccc(Br)cc3)nsc2c1. The van der Waals surface area contributed by atoms with Crippen LogP contribution in [0.2, 0.25) is 0 Å². The summed E-state index contributed by atoms with van der Waals surface area (Å²) >= 11 is 4.98. The Morgan fingerprint density at radius 2 is 1.92 bits per heavy atom. The lowest BCUT2D eigenvalue weighted by Crippen LogP contribution is -2.23. The highest BCUT2D eigenvalue weighted by atomic mass is 79.9. The standard InChI is InChI=1S/C20H23BrN2O2S/c1-23(11-12-24)10-2-3-13-25-17-8-9-18-19(14-17)26-22-20(18)15-4-6-16(21)7-5-15/h4-9,14,24H,2-3,10-13H2,1H3. The molecule has 0 fully saturated rings. The number of aliphatic hydroxyl groups excluding tert-OH is 1. The molecule has 0 bridgehead atoms. The first-order valence-electron chi connectivity index (χ1n) is 8.75. The Bertz CT molecular complexity index is 835. The average Bonchev–Trinajstić information content (AvgIpc) is 3.05. The van der Waals surface area contributed by atoms with Gasteiger partial charge in [-0.05, 0) is 68.3 Å². The van der Waals surface area contributed by atoms with Crippen molar-refractivity contribution in [3.63, 3.8) is 0 Å². The van der Waals surface area contributed by atoms with Crippen molar-refractivity contribution in [2.75, 3.05) is 33.4 Å². The van der Waals surface area contributed by atoms with Crippen LogP contribution in [-0.2, 0) is 0 Å². The van der Waals surface area contributed by atoms with E-state index in [1.165, 1.54) is 11.5 Å². The molecule has 1 heterocycles. The van der Waals surface area contributed by atoms with E-state index in [9.17, 15) is 0 Å². The summed E-state index contributed by atoms with van der Waals surface area (Å²) in [6.45, 7) is 2.62. The Labute approximate surface area is 166 Å². The third kappa shape index (κ3) is 5.04. The van der Waals surface area contributed by atoms with E-state index in [4.69, 9.17) is 9.84 Å². The third-order valence-corrected chi connectivity index (χ3v) is 5.58. The number of likely N-dealkylation sites (N-methyl/N-ethyl adjacent to an activating group) is 1. The van der Waals surface area contributed by atoms with Gasteiger partial charge in [-0.15, -0.1) is 0 Å². The van der Waals surface area contributed by atoms with Gasteiger partial charge in [0.1, 0.15) is 5.75 Å². The molecular formula is C20H23BrN2O2S. The smallest absolute Gasteiger partial charge is 0.120 e. The minimum Gasteiger partial charge on any atom is -0.494 e. The van der Waals surface area contributed by atoms with Gasteiger partial charge in [0, 0.05) is 22.0 Å². The lowest BCUT2D eigenvalue weighted by molar-refractivity contribution is 0.215. The second-order valence-corrected chi connectivity index (χ2v) is 8.00. The minimum atomic E-state index is 0.212. The molecular weight excluding hydrogens is 412 g/mol. The van der Waals surface area contributed by atoms with Crippen molar-refractivity contribution in [1.29, 1.82) is 0 Å². The highest BCUT2D eigenvalue weighted by molar-refractivity contribution is 9.10. The summed E-state index contributed by atoms with van der Waals surface area (Å²) in [6, 6.07) is 14.4. The lowest BCUT2D eigenvalue weighted by atomic mass is 10.1. The maximum absolute atomic E-state index is 8.89. The van der Waals surface area contributed by atoms with E-state index in [-0.39, 0.29) is 6.61 Å². The number of aromatic nitrogens is 1. The van der Waals surface area contributed by atoms with Crippen LogP contribution in [0.15, 0.2) is 46.9 Å². The van der Waals surface area contributed by atoms with Crippen LogP contribution in [-0.4, -0.2) is 47.7 Å². The first-order chi connectivity index (χ1) is 12.7. The summed E-state index contributed by atoms with van der Waals surface area (Å²) in [7, 11) is 2.03. The monoisotopic (exact) mass is 434 g/mol. The Kier molecular flexibility index (Phi) is 7.02. The Balaban J connectivity index is 1.57. The Morgan fingerprint density at radius 1 is 1.12 bits per heavy atom. The van der Waals surface area contributed by atoms with Gasteiger partial charge in [-0.3, -0.25) is 0 Å². The second kappa shape index (κ2) is 9.46. The van der Waals surface area contributed by atoms with E-state index >= 15 is 0 Å². The predicted molar refractivity (Wildman–Crippen MR) is 112 cm³/mol. The molecule has 4 nitrogen and oxygen atoms in total. The molecule has 0 radical (unpaired) electrons. The topological polar surface area (TPSA) is 45.6 Å². The quantitative estimate of drug-likeness (QED) is 0.490. The molecule has 0 atom stereocenters. The fourth-order valence-electron chi connectivity index (χ4n) is 2.78. The zero-order valence-corrected chi connectivity index (χ0v) is 17.2. The van der Waals surface area contributed by atoms with Crippen LogP contribution in [0, 0.1) is 0 Å². The molecule has 2 aromatic carbocycles. The van der Waals surface area contributed by atoms with Crippen LogP contribution in [0.4, 0.5) is 0 Å². The highest BCUT2D eigenvalue weighted by Gasteiger charge is 2.09.